The van der Waals surface area contributed by atoms with Gasteiger partial charge >= 0.3 is 0 Å². The second-order valence-electron chi connectivity index (χ2n) is 11.7. The fraction of sp³-hybridized carbons (Fsp3) is 0.581. The number of carbonyl (C=O) groups excluding carboxylic acids is 1. The van der Waals surface area contributed by atoms with Crippen molar-refractivity contribution in [1.29, 1.82) is 0 Å². The fourth-order valence-electron chi connectivity index (χ4n) is 7.92. The molecule has 4 atom stereocenters. The summed E-state index contributed by atoms with van der Waals surface area (Å²) in [6.07, 6.45) is 8.79. The predicted molar refractivity (Wildman–Crippen MR) is 141 cm³/mol. The molecule has 3 aliphatic heterocycles. The third-order valence-corrected chi connectivity index (χ3v) is 9.84. The first-order valence-electron chi connectivity index (χ1n) is 14.0. The quantitative estimate of drug-likeness (QED) is 0.669. The monoisotopic (exact) mass is 471 g/mol. The van der Waals surface area contributed by atoms with Gasteiger partial charge in [-0.05, 0) is 66.7 Å². The van der Waals surface area contributed by atoms with Gasteiger partial charge in [0.05, 0.1) is 5.92 Å². The zero-order chi connectivity index (χ0) is 23.8. The summed E-state index contributed by atoms with van der Waals surface area (Å²) >= 11 is 0. The van der Waals surface area contributed by atoms with E-state index in [9.17, 15) is 4.79 Å². The van der Waals surface area contributed by atoms with Crippen molar-refractivity contribution in [3.8, 4) is 0 Å². The van der Waals surface area contributed by atoms with Crippen LogP contribution in [0.4, 0.5) is 0 Å². The van der Waals surface area contributed by atoms with E-state index in [1.165, 1.54) is 54.4 Å². The molecular formula is C31H41N3O. The standard InChI is InChI=1S/C31H41N3O/c1-22-9-8-14-27-26(22)18-32-20-31(27)21-33-19-28(31)30(35)34-16-15-25(23-10-4-2-5-11-23)17-29(34)24-12-6-3-7-13-24/h2,4-5,8-11,14,24-25,28-29,32-33H,3,6-7,12-13,15-21H2,1H3. The molecule has 4 unspecified atom stereocenters. The number of carbonyl (C=O) groups is 1. The lowest BCUT2D eigenvalue weighted by molar-refractivity contribution is -0.142. The van der Waals surface area contributed by atoms with Crippen molar-refractivity contribution in [2.24, 2.45) is 11.8 Å². The first-order chi connectivity index (χ1) is 17.2. The number of aryl methyl sites for hydroxylation is 1. The normalized spacial score (nSPS) is 31.5. The Morgan fingerprint density at radius 1 is 0.943 bits per heavy atom. The molecule has 1 aliphatic carbocycles. The van der Waals surface area contributed by atoms with Crippen LogP contribution in [0.1, 0.15) is 73.1 Å². The largest absolute Gasteiger partial charge is 0.339 e. The van der Waals surface area contributed by atoms with Crippen LogP contribution in [0.5, 0.6) is 0 Å². The van der Waals surface area contributed by atoms with E-state index in [0.29, 0.717) is 23.8 Å². The minimum Gasteiger partial charge on any atom is -0.339 e. The lowest BCUT2D eigenvalue weighted by Crippen LogP contribution is -2.57. The molecule has 35 heavy (non-hydrogen) atoms. The highest BCUT2D eigenvalue weighted by Crippen LogP contribution is 2.44. The van der Waals surface area contributed by atoms with Crippen molar-refractivity contribution in [2.45, 2.75) is 75.8 Å². The first kappa shape index (κ1) is 23.2. The Morgan fingerprint density at radius 3 is 2.57 bits per heavy atom. The molecule has 6 rings (SSSR count). The van der Waals surface area contributed by atoms with Crippen LogP contribution in [0, 0.1) is 18.8 Å². The molecule has 186 valence electrons. The predicted octanol–water partition coefficient (Wildman–Crippen LogP) is 4.91. The molecule has 4 nitrogen and oxygen atoms in total. The SMILES string of the molecule is Cc1cccc2c1CNCC21CNCC1C(=O)N1CCC(c2ccccc2)CC1C1CCCCC1. The van der Waals surface area contributed by atoms with E-state index in [0.717, 1.165) is 45.6 Å². The summed E-state index contributed by atoms with van der Waals surface area (Å²) in [7, 11) is 0. The van der Waals surface area contributed by atoms with Gasteiger partial charge in [-0.2, -0.15) is 0 Å². The number of amides is 1. The highest BCUT2D eigenvalue weighted by molar-refractivity contribution is 5.82. The Morgan fingerprint density at radius 2 is 1.74 bits per heavy atom. The van der Waals surface area contributed by atoms with Gasteiger partial charge in [-0.3, -0.25) is 4.79 Å². The molecule has 2 aromatic rings. The average Bonchev–Trinajstić information content (AvgIpc) is 3.33. The number of fused-ring (bicyclic) bond motifs is 2. The summed E-state index contributed by atoms with van der Waals surface area (Å²) in [5.41, 5.74) is 5.49. The maximum atomic E-state index is 14.5. The Balaban J connectivity index is 1.31. The van der Waals surface area contributed by atoms with Crippen LogP contribution in [-0.4, -0.2) is 43.0 Å². The molecule has 4 aliphatic rings. The topological polar surface area (TPSA) is 44.4 Å². The second-order valence-corrected chi connectivity index (χ2v) is 11.7. The molecule has 1 amide bonds. The van der Waals surface area contributed by atoms with Crippen LogP contribution in [-0.2, 0) is 16.8 Å². The molecule has 2 aromatic carbocycles. The minimum absolute atomic E-state index is 0.00946. The number of rotatable bonds is 3. The van der Waals surface area contributed by atoms with E-state index in [4.69, 9.17) is 0 Å². The fourth-order valence-corrected chi connectivity index (χ4v) is 7.92. The maximum absolute atomic E-state index is 14.5. The van der Waals surface area contributed by atoms with Gasteiger partial charge in [0.2, 0.25) is 5.91 Å². The second kappa shape index (κ2) is 9.71. The molecule has 1 saturated carbocycles. The van der Waals surface area contributed by atoms with Crippen LogP contribution in [0.3, 0.4) is 0 Å². The Hall–Kier alpha value is -2.17. The van der Waals surface area contributed by atoms with E-state index in [-0.39, 0.29) is 11.3 Å². The number of likely N-dealkylation sites (tertiary alicyclic amines) is 1. The van der Waals surface area contributed by atoms with Gasteiger partial charge in [0.25, 0.3) is 0 Å². The minimum atomic E-state index is -0.135. The van der Waals surface area contributed by atoms with Gasteiger partial charge in [0, 0.05) is 44.2 Å². The summed E-state index contributed by atoms with van der Waals surface area (Å²) in [6, 6.07) is 18.1. The smallest absolute Gasteiger partial charge is 0.228 e. The lowest BCUT2D eigenvalue weighted by Gasteiger charge is -2.48. The summed E-state index contributed by atoms with van der Waals surface area (Å²) < 4.78 is 0. The van der Waals surface area contributed by atoms with Crippen molar-refractivity contribution < 1.29 is 4.79 Å². The zero-order valence-corrected chi connectivity index (χ0v) is 21.3. The number of nitrogens with zero attached hydrogens (tertiary/aromatic N) is 1. The summed E-state index contributed by atoms with van der Waals surface area (Å²) in [4.78, 5) is 16.9. The number of nitrogens with one attached hydrogen (secondary N) is 2. The highest BCUT2D eigenvalue weighted by Gasteiger charge is 2.52. The summed E-state index contributed by atoms with van der Waals surface area (Å²) in [5, 5.41) is 7.35. The molecule has 2 N–H and O–H groups in total. The van der Waals surface area contributed by atoms with Crippen molar-refractivity contribution in [3.05, 3.63) is 70.8 Å². The van der Waals surface area contributed by atoms with Crippen LogP contribution in [0.15, 0.2) is 48.5 Å². The Bertz CT molecular complexity index is 1050. The van der Waals surface area contributed by atoms with Crippen LogP contribution < -0.4 is 10.6 Å². The highest BCUT2D eigenvalue weighted by atomic mass is 16.2. The van der Waals surface area contributed by atoms with Gasteiger partial charge in [0.1, 0.15) is 0 Å². The van der Waals surface area contributed by atoms with Crippen LogP contribution >= 0.6 is 0 Å². The van der Waals surface area contributed by atoms with Crippen LogP contribution in [0.25, 0.3) is 0 Å². The first-order valence-corrected chi connectivity index (χ1v) is 14.0. The lowest BCUT2D eigenvalue weighted by atomic mass is 9.67. The maximum Gasteiger partial charge on any atom is 0.228 e. The summed E-state index contributed by atoms with van der Waals surface area (Å²) in [6.45, 7) is 6.61. The number of hydrogen-bond donors (Lipinski definition) is 2. The van der Waals surface area contributed by atoms with Crippen molar-refractivity contribution in [3.63, 3.8) is 0 Å². The molecule has 4 heteroatoms. The third-order valence-electron chi connectivity index (χ3n) is 9.84. The van der Waals surface area contributed by atoms with Gasteiger partial charge in [0.15, 0.2) is 0 Å². The van der Waals surface area contributed by atoms with Gasteiger partial charge in [-0.1, -0.05) is 67.8 Å². The van der Waals surface area contributed by atoms with E-state index in [1.807, 2.05) is 0 Å². The van der Waals surface area contributed by atoms with Crippen molar-refractivity contribution >= 4 is 5.91 Å². The molecule has 1 spiro atoms. The summed E-state index contributed by atoms with van der Waals surface area (Å²) in [5.74, 6) is 1.65. The number of piperidine rings is 1. The van der Waals surface area contributed by atoms with Gasteiger partial charge in [-0.25, -0.2) is 0 Å². The Kier molecular flexibility index (Phi) is 6.45. The van der Waals surface area contributed by atoms with Crippen molar-refractivity contribution in [1.82, 2.24) is 15.5 Å². The van der Waals surface area contributed by atoms with Gasteiger partial charge in [-0.15, -0.1) is 0 Å². The molecule has 0 aromatic heterocycles. The Labute approximate surface area is 210 Å². The van der Waals surface area contributed by atoms with Crippen LogP contribution in [0.2, 0.25) is 0 Å². The zero-order valence-electron chi connectivity index (χ0n) is 21.3. The number of hydrogen-bond acceptors (Lipinski definition) is 3. The molecule has 3 fully saturated rings. The molecule has 0 bridgehead atoms. The molecule has 2 saturated heterocycles. The van der Waals surface area contributed by atoms with Gasteiger partial charge < -0.3 is 15.5 Å². The molecule has 3 heterocycles. The van der Waals surface area contributed by atoms with E-state index in [2.05, 4.69) is 71.0 Å². The average molecular weight is 472 g/mol. The number of benzene rings is 2. The molecular weight excluding hydrogens is 430 g/mol. The van der Waals surface area contributed by atoms with E-state index < -0.39 is 0 Å². The third kappa shape index (κ3) is 4.13. The van der Waals surface area contributed by atoms with E-state index in [1.54, 1.807) is 0 Å². The van der Waals surface area contributed by atoms with Crippen molar-refractivity contribution in [2.75, 3.05) is 26.2 Å². The van der Waals surface area contributed by atoms with E-state index >= 15 is 0 Å². The molecule has 0 radical (unpaired) electrons.